The molecule has 1 aliphatic carbocycles. The third-order valence-electron chi connectivity index (χ3n) is 5.57. The predicted molar refractivity (Wildman–Crippen MR) is 109 cm³/mol. The zero-order valence-electron chi connectivity index (χ0n) is 16.5. The predicted octanol–water partition coefficient (Wildman–Crippen LogP) is 2.72. The van der Waals surface area contributed by atoms with Crippen LogP contribution in [0.15, 0.2) is 29.8 Å². The van der Waals surface area contributed by atoms with Crippen LogP contribution in [0.2, 0.25) is 0 Å². The molecule has 8 nitrogen and oxygen atoms in total. The summed E-state index contributed by atoms with van der Waals surface area (Å²) in [7, 11) is 1.80. The van der Waals surface area contributed by atoms with Crippen molar-refractivity contribution in [1.29, 1.82) is 0 Å². The van der Waals surface area contributed by atoms with Crippen LogP contribution in [-0.4, -0.2) is 34.2 Å². The van der Waals surface area contributed by atoms with Gasteiger partial charge in [0.1, 0.15) is 0 Å². The number of piperidine rings is 1. The molecule has 4 amide bonds. The lowest BCUT2D eigenvalue weighted by molar-refractivity contribution is -0.134. The normalized spacial score (nSPS) is 19.6. The van der Waals surface area contributed by atoms with Crippen molar-refractivity contribution in [3.05, 3.63) is 35.5 Å². The van der Waals surface area contributed by atoms with Gasteiger partial charge in [0, 0.05) is 31.1 Å². The first-order valence-electron chi connectivity index (χ1n) is 10.0. The molecule has 0 saturated carbocycles. The van der Waals surface area contributed by atoms with E-state index in [1.165, 1.54) is 18.4 Å². The maximum atomic E-state index is 12.2. The Bertz CT molecular complexity index is 1010. The van der Waals surface area contributed by atoms with Crippen LogP contribution in [0.25, 0.3) is 10.9 Å². The SMILES string of the molecule is Cn1nc(C2CCC(=O)NC2=O)c2ccc(NC(=O)NCC3=CCCCC3)cc21. The van der Waals surface area contributed by atoms with E-state index in [1.807, 2.05) is 12.1 Å². The van der Waals surface area contributed by atoms with Crippen molar-refractivity contribution < 1.29 is 14.4 Å². The summed E-state index contributed by atoms with van der Waals surface area (Å²) >= 11 is 0. The molecule has 8 heteroatoms. The van der Waals surface area contributed by atoms with Gasteiger partial charge < -0.3 is 10.6 Å². The quantitative estimate of drug-likeness (QED) is 0.547. The summed E-state index contributed by atoms with van der Waals surface area (Å²) in [6.45, 7) is 0.569. The standard InChI is InChI=1S/C21H25N5O3/c1-26-17-11-14(23-21(29)22-12-13-5-3-2-4-6-13)7-8-15(17)19(25-26)16-9-10-18(27)24-20(16)28/h5,7-8,11,16H,2-4,6,9-10,12H2,1H3,(H2,22,23,29)(H,24,27,28). The smallest absolute Gasteiger partial charge is 0.319 e. The second-order valence-electron chi connectivity index (χ2n) is 7.66. The number of aromatic nitrogens is 2. The zero-order valence-corrected chi connectivity index (χ0v) is 16.5. The molecule has 2 aromatic rings. The van der Waals surface area contributed by atoms with E-state index in [-0.39, 0.29) is 17.8 Å². The Hall–Kier alpha value is -3.16. The van der Waals surface area contributed by atoms with Gasteiger partial charge in [-0.05, 0) is 50.3 Å². The summed E-state index contributed by atoms with van der Waals surface area (Å²) in [5.74, 6) is -0.991. The second kappa shape index (κ2) is 8.06. The largest absolute Gasteiger partial charge is 0.334 e. The summed E-state index contributed by atoms with van der Waals surface area (Å²) < 4.78 is 1.70. The molecule has 1 fully saturated rings. The third kappa shape index (κ3) is 4.16. The monoisotopic (exact) mass is 395 g/mol. The van der Waals surface area contributed by atoms with E-state index in [2.05, 4.69) is 27.1 Å². The van der Waals surface area contributed by atoms with Gasteiger partial charge in [-0.3, -0.25) is 19.6 Å². The molecular weight excluding hydrogens is 370 g/mol. The van der Waals surface area contributed by atoms with Crippen molar-refractivity contribution in [3.63, 3.8) is 0 Å². The van der Waals surface area contributed by atoms with Gasteiger partial charge in [-0.2, -0.15) is 5.10 Å². The van der Waals surface area contributed by atoms with Crippen LogP contribution in [0.4, 0.5) is 10.5 Å². The molecular formula is C21H25N5O3. The van der Waals surface area contributed by atoms with Gasteiger partial charge in [-0.15, -0.1) is 0 Å². The van der Waals surface area contributed by atoms with Gasteiger partial charge in [0.05, 0.1) is 17.1 Å². The Morgan fingerprint density at radius 2 is 2.14 bits per heavy atom. The van der Waals surface area contributed by atoms with Gasteiger partial charge in [0.25, 0.3) is 0 Å². The highest BCUT2D eigenvalue weighted by molar-refractivity contribution is 6.03. The molecule has 0 spiro atoms. The van der Waals surface area contributed by atoms with Gasteiger partial charge in [-0.25, -0.2) is 4.79 Å². The van der Waals surface area contributed by atoms with Gasteiger partial charge in [0.15, 0.2) is 0 Å². The molecule has 1 unspecified atom stereocenters. The minimum absolute atomic E-state index is 0.243. The number of urea groups is 1. The number of carbonyl (C=O) groups excluding carboxylic acids is 3. The average Bonchev–Trinajstić information content (AvgIpc) is 3.03. The number of carbonyl (C=O) groups is 3. The average molecular weight is 395 g/mol. The molecule has 0 bridgehead atoms. The number of benzene rings is 1. The number of allylic oxidation sites excluding steroid dienone is 1. The number of nitrogens with zero attached hydrogens (tertiary/aromatic N) is 2. The highest BCUT2D eigenvalue weighted by atomic mass is 16.2. The highest BCUT2D eigenvalue weighted by Gasteiger charge is 2.31. The minimum atomic E-state index is -0.442. The number of imide groups is 1. The maximum absolute atomic E-state index is 12.2. The van der Waals surface area contributed by atoms with Crippen molar-refractivity contribution in [2.45, 2.75) is 44.4 Å². The van der Waals surface area contributed by atoms with Crippen LogP contribution in [-0.2, 0) is 16.6 Å². The highest BCUT2D eigenvalue weighted by Crippen LogP contribution is 2.31. The third-order valence-corrected chi connectivity index (χ3v) is 5.57. The first kappa shape index (κ1) is 19.2. The van der Waals surface area contributed by atoms with Crippen molar-refractivity contribution in [1.82, 2.24) is 20.4 Å². The van der Waals surface area contributed by atoms with Crippen LogP contribution in [0, 0.1) is 0 Å². The fourth-order valence-corrected chi connectivity index (χ4v) is 4.01. The molecule has 3 N–H and O–H groups in total. The van der Waals surface area contributed by atoms with Gasteiger partial charge in [0.2, 0.25) is 11.8 Å². The molecule has 2 aliphatic rings. The lowest BCUT2D eigenvalue weighted by atomic mass is 9.93. The molecule has 29 heavy (non-hydrogen) atoms. The molecule has 1 aromatic carbocycles. The number of nitrogens with one attached hydrogen (secondary N) is 3. The molecule has 4 rings (SSSR count). The Morgan fingerprint density at radius 1 is 1.28 bits per heavy atom. The molecule has 1 atom stereocenters. The van der Waals surface area contributed by atoms with Crippen LogP contribution >= 0.6 is 0 Å². The number of aryl methyl sites for hydroxylation is 1. The summed E-state index contributed by atoms with van der Waals surface area (Å²) in [5.41, 5.74) is 3.41. The molecule has 2 heterocycles. The molecule has 1 saturated heterocycles. The maximum Gasteiger partial charge on any atom is 0.319 e. The van der Waals surface area contributed by atoms with Crippen molar-refractivity contribution in [2.75, 3.05) is 11.9 Å². The van der Waals surface area contributed by atoms with Crippen molar-refractivity contribution >= 4 is 34.4 Å². The van der Waals surface area contributed by atoms with Crippen LogP contribution < -0.4 is 16.0 Å². The van der Waals surface area contributed by atoms with E-state index < -0.39 is 5.92 Å². The lowest BCUT2D eigenvalue weighted by Crippen LogP contribution is -2.39. The number of anilines is 1. The minimum Gasteiger partial charge on any atom is -0.334 e. The molecule has 1 aromatic heterocycles. The van der Waals surface area contributed by atoms with E-state index in [1.54, 1.807) is 17.8 Å². The van der Waals surface area contributed by atoms with E-state index in [4.69, 9.17) is 0 Å². The second-order valence-corrected chi connectivity index (χ2v) is 7.66. The Balaban J connectivity index is 1.47. The van der Waals surface area contributed by atoms with Crippen LogP contribution in [0.3, 0.4) is 0 Å². The molecule has 152 valence electrons. The van der Waals surface area contributed by atoms with Crippen molar-refractivity contribution in [3.8, 4) is 0 Å². The number of hydrogen-bond acceptors (Lipinski definition) is 4. The van der Waals surface area contributed by atoms with Gasteiger partial charge >= 0.3 is 6.03 Å². The first-order valence-corrected chi connectivity index (χ1v) is 10.0. The number of rotatable bonds is 4. The molecule has 1 aliphatic heterocycles. The van der Waals surface area contributed by atoms with Crippen molar-refractivity contribution in [2.24, 2.45) is 7.05 Å². The summed E-state index contributed by atoms with van der Waals surface area (Å²) in [6, 6.07) is 5.26. The Labute approximate surface area is 168 Å². The topological polar surface area (TPSA) is 105 Å². The summed E-state index contributed by atoms with van der Waals surface area (Å²) in [4.78, 5) is 35.9. The van der Waals surface area contributed by atoms with E-state index in [0.29, 0.717) is 30.8 Å². The van der Waals surface area contributed by atoms with Gasteiger partial charge in [-0.1, -0.05) is 11.6 Å². The van der Waals surface area contributed by atoms with E-state index >= 15 is 0 Å². The van der Waals surface area contributed by atoms with E-state index in [0.717, 1.165) is 23.7 Å². The summed E-state index contributed by atoms with van der Waals surface area (Å²) in [6.07, 6.45) is 7.51. The Morgan fingerprint density at radius 3 is 2.90 bits per heavy atom. The lowest BCUT2D eigenvalue weighted by Gasteiger charge is -2.19. The van der Waals surface area contributed by atoms with Crippen LogP contribution in [0.1, 0.15) is 50.1 Å². The number of fused-ring (bicyclic) bond motifs is 1. The Kier molecular flexibility index (Phi) is 5.33. The van der Waals surface area contributed by atoms with Crippen LogP contribution in [0.5, 0.6) is 0 Å². The first-order chi connectivity index (χ1) is 14.0. The summed E-state index contributed by atoms with van der Waals surface area (Å²) in [5, 5.41) is 13.5. The number of amides is 4. The number of hydrogen-bond donors (Lipinski definition) is 3. The zero-order chi connectivity index (χ0) is 20.4. The fourth-order valence-electron chi connectivity index (χ4n) is 4.01. The fraction of sp³-hybridized carbons (Fsp3) is 0.429. The van der Waals surface area contributed by atoms with E-state index in [9.17, 15) is 14.4 Å². The molecule has 0 radical (unpaired) electrons.